The molecule has 3 heteroatoms. The smallest absolute Gasteiger partial charge is 0.222 e. The van der Waals surface area contributed by atoms with E-state index >= 15 is 0 Å². The van der Waals surface area contributed by atoms with Crippen LogP contribution in [0.5, 0.6) is 0 Å². The third kappa shape index (κ3) is 3.04. The van der Waals surface area contributed by atoms with Gasteiger partial charge in [0.25, 0.3) is 0 Å². The van der Waals surface area contributed by atoms with Crippen LogP contribution in [-0.4, -0.2) is 30.4 Å². The SMILES string of the molecule is O=C1CCC2(CCNCC2)CCN1Cc1ccccc1. The van der Waals surface area contributed by atoms with Crippen molar-refractivity contribution in [1.29, 1.82) is 0 Å². The zero-order valence-corrected chi connectivity index (χ0v) is 12.1. The lowest BCUT2D eigenvalue weighted by atomic mass is 9.73. The molecule has 0 bridgehead atoms. The number of hydrogen-bond donors (Lipinski definition) is 1. The van der Waals surface area contributed by atoms with Gasteiger partial charge in [-0.3, -0.25) is 4.79 Å². The Labute approximate surface area is 121 Å². The van der Waals surface area contributed by atoms with Gasteiger partial charge in [0.2, 0.25) is 5.91 Å². The monoisotopic (exact) mass is 272 g/mol. The third-order valence-corrected chi connectivity index (χ3v) is 5.01. The van der Waals surface area contributed by atoms with Crippen molar-refractivity contribution in [1.82, 2.24) is 10.2 Å². The van der Waals surface area contributed by atoms with Crippen LogP contribution in [0.4, 0.5) is 0 Å². The molecule has 1 aromatic carbocycles. The predicted octanol–water partition coefficient (Wildman–Crippen LogP) is 2.57. The summed E-state index contributed by atoms with van der Waals surface area (Å²) in [5, 5.41) is 3.44. The Morgan fingerprint density at radius 3 is 2.55 bits per heavy atom. The maximum atomic E-state index is 12.4. The Hall–Kier alpha value is -1.35. The summed E-state index contributed by atoms with van der Waals surface area (Å²) in [4.78, 5) is 14.4. The van der Waals surface area contributed by atoms with Gasteiger partial charge in [-0.2, -0.15) is 0 Å². The first-order valence-electron chi connectivity index (χ1n) is 7.80. The largest absolute Gasteiger partial charge is 0.338 e. The summed E-state index contributed by atoms with van der Waals surface area (Å²) in [6.45, 7) is 3.93. The molecule has 20 heavy (non-hydrogen) atoms. The van der Waals surface area contributed by atoms with Crippen molar-refractivity contribution in [3.8, 4) is 0 Å². The van der Waals surface area contributed by atoms with Crippen LogP contribution < -0.4 is 5.32 Å². The van der Waals surface area contributed by atoms with Crippen LogP contribution >= 0.6 is 0 Å². The van der Waals surface area contributed by atoms with Crippen LogP contribution in [0.25, 0.3) is 0 Å². The highest BCUT2D eigenvalue weighted by atomic mass is 16.2. The van der Waals surface area contributed by atoms with E-state index in [1.807, 2.05) is 18.2 Å². The Morgan fingerprint density at radius 1 is 1.05 bits per heavy atom. The van der Waals surface area contributed by atoms with Crippen molar-refractivity contribution in [3.63, 3.8) is 0 Å². The highest BCUT2D eigenvalue weighted by Gasteiger charge is 2.35. The molecule has 1 amide bonds. The number of amides is 1. The van der Waals surface area contributed by atoms with Crippen molar-refractivity contribution >= 4 is 5.91 Å². The van der Waals surface area contributed by atoms with Crippen LogP contribution in [0.15, 0.2) is 30.3 Å². The Morgan fingerprint density at radius 2 is 1.80 bits per heavy atom. The zero-order chi connectivity index (χ0) is 13.8. The fourth-order valence-corrected chi connectivity index (χ4v) is 3.58. The average Bonchev–Trinajstić information content (AvgIpc) is 2.64. The minimum atomic E-state index is 0.337. The molecule has 0 saturated carbocycles. The molecule has 1 N–H and O–H groups in total. The highest BCUT2D eigenvalue weighted by molar-refractivity contribution is 5.76. The molecule has 0 aliphatic carbocycles. The molecule has 3 rings (SSSR count). The molecule has 0 atom stereocenters. The number of hydrogen-bond acceptors (Lipinski definition) is 2. The lowest BCUT2D eigenvalue weighted by Gasteiger charge is -2.36. The zero-order valence-electron chi connectivity index (χ0n) is 12.1. The first-order valence-corrected chi connectivity index (χ1v) is 7.80. The van der Waals surface area contributed by atoms with E-state index < -0.39 is 0 Å². The number of rotatable bonds is 2. The molecule has 1 spiro atoms. The fraction of sp³-hybridized carbons (Fsp3) is 0.588. The van der Waals surface area contributed by atoms with Crippen LogP contribution in [0.1, 0.15) is 37.7 Å². The van der Waals surface area contributed by atoms with Gasteiger partial charge in [-0.1, -0.05) is 30.3 Å². The standard InChI is InChI=1S/C17H24N2O/c20-16-6-7-17(8-11-18-12-9-17)10-13-19(16)14-15-4-2-1-3-5-15/h1-5,18H,6-14H2. The average molecular weight is 272 g/mol. The van der Waals surface area contributed by atoms with Gasteiger partial charge in [-0.15, -0.1) is 0 Å². The van der Waals surface area contributed by atoms with Gasteiger partial charge < -0.3 is 10.2 Å². The van der Waals surface area contributed by atoms with Gasteiger partial charge in [0, 0.05) is 19.5 Å². The molecule has 1 aromatic rings. The Kier molecular flexibility index (Phi) is 4.06. The quantitative estimate of drug-likeness (QED) is 0.897. The van der Waals surface area contributed by atoms with Crippen LogP contribution in [0.3, 0.4) is 0 Å². The van der Waals surface area contributed by atoms with E-state index in [-0.39, 0.29) is 0 Å². The van der Waals surface area contributed by atoms with E-state index in [9.17, 15) is 4.79 Å². The summed E-state index contributed by atoms with van der Waals surface area (Å²) in [5.41, 5.74) is 1.66. The molecule has 0 aromatic heterocycles. The lowest BCUT2D eigenvalue weighted by Crippen LogP contribution is -2.37. The summed E-state index contributed by atoms with van der Waals surface area (Å²) in [6.07, 6.45) is 5.46. The molecule has 2 heterocycles. The highest BCUT2D eigenvalue weighted by Crippen LogP contribution is 2.39. The van der Waals surface area contributed by atoms with Gasteiger partial charge >= 0.3 is 0 Å². The third-order valence-electron chi connectivity index (χ3n) is 5.01. The maximum absolute atomic E-state index is 12.4. The van der Waals surface area contributed by atoms with Gasteiger partial charge in [-0.05, 0) is 49.8 Å². The van der Waals surface area contributed by atoms with Gasteiger partial charge in [-0.25, -0.2) is 0 Å². The van der Waals surface area contributed by atoms with Crippen LogP contribution in [-0.2, 0) is 11.3 Å². The normalized spacial score (nSPS) is 22.8. The second kappa shape index (κ2) is 5.96. The number of carbonyl (C=O) groups is 1. The minimum absolute atomic E-state index is 0.337. The Bertz CT molecular complexity index is 451. The molecule has 108 valence electrons. The van der Waals surface area contributed by atoms with Gasteiger partial charge in [0.15, 0.2) is 0 Å². The molecule has 3 nitrogen and oxygen atoms in total. The number of carbonyl (C=O) groups excluding carboxylic acids is 1. The number of piperidine rings is 1. The van der Waals surface area contributed by atoms with E-state index in [4.69, 9.17) is 0 Å². The molecule has 0 unspecified atom stereocenters. The van der Waals surface area contributed by atoms with Crippen LogP contribution in [0, 0.1) is 5.41 Å². The first-order chi connectivity index (χ1) is 9.77. The van der Waals surface area contributed by atoms with Gasteiger partial charge in [0.1, 0.15) is 0 Å². The van der Waals surface area contributed by atoms with Crippen molar-refractivity contribution in [2.45, 2.75) is 38.6 Å². The van der Waals surface area contributed by atoms with Crippen molar-refractivity contribution in [3.05, 3.63) is 35.9 Å². The topological polar surface area (TPSA) is 32.3 Å². The lowest BCUT2D eigenvalue weighted by molar-refractivity contribution is -0.131. The van der Waals surface area contributed by atoms with Crippen molar-refractivity contribution < 1.29 is 4.79 Å². The molecule has 2 saturated heterocycles. The molecule has 0 radical (unpaired) electrons. The summed E-state index contributed by atoms with van der Waals surface area (Å²) >= 11 is 0. The van der Waals surface area contributed by atoms with Crippen molar-refractivity contribution in [2.24, 2.45) is 5.41 Å². The minimum Gasteiger partial charge on any atom is -0.338 e. The molecule has 2 fully saturated rings. The number of nitrogens with one attached hydrogen (secondary N) is 1. The van der Waals surface area contributed by atoms with E-state index in [1.165, 1.54) is 24.8 Å². The second-order valence-electron chi connectivity index (χ2n) is 6.30. The molecular weight excluding hydrogens is 248 g/mol. The molecule has 2 aliphatic heterocycles. The van der Waals surface area contributed by atoms with E-state index in [1.54, 1.807) is 0 Å². The predicted molar refractivity (Wildman–Crippen MR) is 80.2 cm³/mol. The number of nitrogens with zero attached hydrogens (tertiary/aromatic N) is 1. The van der Waals surface area contributed by atoms with E-state index in [0.29, 0.717) is 11.3 Å². The summed E-state index contributed by atoms with van der Waals surface area (Å²) in [7, 11) is 0. The number of likely N-dealkylation sites (tertiary alicyclic amines) is 1. The van der Waals surface area contributed by atoms with Gasteiger partial charge in [0.05, 0.1) is 0 Å². The molecular formula is C17H24N2O. The second-order valence-corrected chi connectivity index (χ2v) is 6.30. The summed E-state index contributed by atoms with van der Waals surface area (Å²) in [6, 6.07) is 10.3. The Balaban J connectivity index is 1.66. The number of benzene rings is 1. The fourth-order valence-electron chi connectivity index (χ4n) is 3.58. The summed E-state index contributed by atoms with van der Waals surface area (Å²) < 4.78 is 0. The van der Waals surface area contributed by atoms with E-state index in [0.717, 1.165) is 39.0 Å². The van der Waals surface area contributed by atoms with Crippen molar-refractivity contribution in [2.75, 3.05) is 19.6 Å². The maximum Gasteiger partial charge on any atom is 0.222 e. The van der Waals surface area contributed by atoms with Crippen LogP contribution in [0.2, 0.25) is 0 Å². The first kappa shape index (κ1) is 13.6. The van der Waals surface area contributed by atoms with E-state index in [2.05, 4.69) is 22.3 Å². The molecule has 2 aliphatic rings. The summed E-state index contributed by atoms with van der Waals surface area (Å²) in [5.74, 6) is 0.337.